The van der Waals surface area contributed by atoms with Crippen LogP contribution in [0.4, 0.5) is 11.4 Å². The summed E-state index contributed by atoms with van der Waals surface area (Å²) in [5.74, 6) is 0.740. The lowest BCUT2D eigenvalue weighted by Crippen LogP contribution is -2.51. The quantitative estimate of drug-likeness (QED) is 0.529. The van der Waals surface area contributed by atoms with E-state index in [1.807, 2.05) is 18.2 Å². The van der Waals surface area contributed by atoms with Crippen molar-refractivity contribution in [2.24, 2.45) is 4.99 Å². The van der Waals surface area contributed by atoms with Crippen LogP contribution in [-0.4, -0.2) is 74.5 Å². The summed E-state index contributed by atoms with van der Waals surface area (Å²) < 4.78 is 11.3. The maximum atomic E-state index is 11.1. The fourth-order valence-corrected chi connectivity index (χ4v) is 4.07. The number of carbonyl (C=O) groups is 1. The minimum absolute atomic E-state index is 0.163. The van der Waals surface area contributed by atoms with Gasteiger partial charge < -0.3 is 29.7 Å². The summed E-state index contributed by atoms with van der Waals surface area (Å²) in [5, 5.41) is 12.5. The Kier molecular flexibility index (Phi) is 7.11. The second-order valence-electron chi connectivity index (χ2n) is 7.95. The fourth-order valence-electron chi connectivity index (χ4n) is 4.07. The summed E-state index contributed by atoms with van der Waals surface area (Å²) in [7, 11) is 1.70. The number of methoxy groups -OCH3 is 1. The summed E-state index contributed by atoms with van der Waals surface area (Å²) in [6, 6.07) is 14.8. The zero-order chi connectivity index (χ0) is 22.3. The molecule has 0 saturated carbocycles. The van der Waals surface area contributed by atoms with Crippen LogP contribution in [0.15, 0.2) is 53.5 Å². The predicted molar refractivity (Wildman–Crippen MR) is 125 cm³/mol. The predicted octanol–water partition coefficient (Wildman–Crippen LogP) is 3.16. The van der Waals surface area contributed by atoms with E-state index in [0.717, 1.165) is 68.7 Å². The van der Waals surface area contributed by atoms with E-state index in [2.05, 4.69) is 21.2 Å². The highest BCUT2D eigenvalue weighted by atomic mass is 16.5. The number of benzene rings is 2. The highest BCUT2D eigenvalue weighted by molar-refractivity contribution is 5.95. The number of aromatic carboxylic acids is 1. The highest BCUT2D eigenvalue weighted by Crippen LogP contribution is 2.28. The second kappa shape index (κ2) is 10.4. The van der Waals surface area contributed by atoms with Crippen molar-refractivity contribution in [3.8, 4) is 5.75 Å². The van der Waals surface area contributed by atoms with E-state index >= 15 is 0 Å². The number of guanidine groups is 1. The molecule has 8 nitrogen and oxygen atoms in total. The molecule has 2 fully saturated rings. The van der Waals surface area contributed by atoms with Crippen LogP contribution >= 0.6 is 0 Å². The number of hydrogen-bond acceptors (Lipinski definition) is 5. The van der Waals surface area contributed by atoms with Crippen molar-refractivity contribution in [2.45, 2.75) is 18.9 Å². The van der Waals surface area contributed by atoms with Gasteiger partial charge in [-0.15, -0.1) is 0 Å². The number of nitrogens with zero attached hydrogens (tertiary/aromatic N) is 3. The van der Waals surface area contributed by atoms with E-state index in [4.69, 9.17) is 19.6 Å². The summed E-state index contributed by atoms with van der Waals surface area (Å²) in [6.07, 6.45) is 2.28. The van der Waals surface area contributed by atoms with Crippen molar-refractivity contribution in [3.05, 3.63) is 54.1 Å². The Bertz CT molecular complexity index is 933. The Morgan fingerprint density at radius 3 is 2.56 bits per heavy atom. The van der Waals surface area contributed by atoms with E-state index in [1.54, 1.807) is 31.4 Å². The van der Waals surface area contributed by atoms with E-state index in [9.17, 15) is 4.79 Å². The molecule has 4 rings (SSSR count). The normalized spacial score (nSPS) is 19.2. The molecule has 1 atom stereocenters. The van der Waals surface area contributed by atoms with Crippen molar-refractivity contribution in [2.75, 3.05) is 56.7 Å². The molecule has 2 saturated heterocycles. The molecule has 0 amide bonds. The molecule has 2 aliphatic rings. The highest BCUT2D eigenvalue weighted by Gasteiger charge is 2.23. The van der Waals surface area contributed by atoms with Crippen molar-refractivity contribution < 1.29 is 19.4 Å². The van der Waals surface area contributed by atoms with Gasteiger partial charge in [-0.2, -0.15) is 0 Å². The molecule has 32 heavy (non-hydrogen) atoms. The Hall–Kier alpha value is -3.26. The molecule has 2 aromatic carbocycles. The number of carboxylic acids is 1. The molecule has 2 N–H and O–H groups in total. The van der Waals surface area contributed by atoms with Crippen molar-refractivity contribution in [1.82, 2.24) is 4.90 Å². The number of rotatable bonds is 6. The third-order valence-electron chi connectivity index (χ3n) is 5.86. The van der Waals surface area contributed by atoms with Crippen LogP contribution in [0.2, 0.25) is 0 Å². The van der Waals surface area contributed by atoms with Gasteiger partial charge in [0.05, 0.1) is 31.0 Å². The average molecular weight is 439 g/mol. The third kappa shape index (κ3) is 5.31. The topological polar surface area (TPSA) is 86.6 Å². The van der Waals surface area contributed by atoms with Crippen LogP contribution in [0.3, 0.4) is 0 Å². The average Bonchev–Trinajstić information content (AvgIpc) is 3.36. The zero-order valence-electron chi connectivity index (χ0n) is 18.4. The molecular formula is C24H30N4O4. The molecule has 0 unspecified atom stereocenters. The molecule has 170 valence electrons. The lowest BCUT2D eigenvalue weighted by atomic mass is 10.2. The Morgan fingerprint density at radius 2 is 1.91 bits per heavy atom. The monoisotopic (exact) mass is 438 g/mol. The number of hydrogen-bond donors (Lipinski definition) is 2. The molecule has 0 radical (unpaired) electrons. The Morgan fingerprint density at radius 1 is 1.16 bits per heavy atom. The van der Waals surface area contributed by atoms with Gasteiger partial charge in [-0.25, -0.2) is 4.79 Å². The molecular weight excluding hydrogens is 408 g/mol. The fraction of sp³-hybridized carbons (Fsp3) is 0.417. The maximum Gasteiger partial charge on any atom is 0.335 e. The lowest BCUT2D eigenvalue weighted by molar-refractivity contribution is 0.0697. The van der Waals surface area contributed by atoms with Crippen LogP contribution in [0.5, 0.6) is 5.75 Å². The van der Waals surface area contributed by atoms with Crippen LogP contribution < -0.4 is 15.0 Å². The van der Waals surface area contributed by atoms with Crippen molar-refractivity contribution >= 4 is 23.3 Å². The van der Waals surface area contributed by atoms with E-state index < -0.39 is 5.97 Å². The van der Waals surface area contributed by atoms with E-state index in [1.165, 1.54) is 0 Å². The molecule has 0 bridgehead atoms. The summed E-state index contributed by atoms with van der Waals surface area (Å²) in [5.41, 5.74) is 2.18. The zero-order valence-corrected chi connectivity index (χ0v) is 18.4. The lowest BCUT2D eigenvalue weighted by Gasteiger charge is -2.38. The van der Waals surface area contributed by atoms with E-state index in [0.29, 0.717) is 6.54 Å². The Labute approximate surface area is 188 Å². The smallest absolute Gasteiger partial charge is 0.335 e. The minimum Gasteiger partial charge on any atom is -0.495 e. The molecule has 8 heteroatoms. The number of carboxylic acid groups (broad SMARTS) is 1. The van der Waals surface area contributed by atoms with E-state index in [-0.39, 0.29) is 11.7 Å². The summed E-state index contributed by atoms with van der Waals surface area (Å²) in [4.78, 5) is 20.6. The first-order valence-electron chi connectivity index (χ1n) is 11.0. The number of aliphatic imine (C=N–C) groups is 1. The standard InChI is InChI=1S/C24H30N4O4/c1-31-22-7-3-2-6-21(22)27-12-14-28(15-13-27)24(25-17-20-5-4-16-32-20)26-19-10-8-18(9-11-19)23(29)30/h2-3,6-11,20H,4-5,12-17H2,1H3,(H,25,26)(H,29,30)/t20-/m1/s1. The van der Waals surface area contributed by atoms with Gasteiger partial charge in [0.25, 0.3) is 0 Å². The SMILES string of the molecule is COc1ccccc1N1CCN(C(=NC[C@H]2CCCO2)Nc2ccc(C(=O)O)cc2)CC1. The third-order valence-corrected chi connectivity index (χ3v) is 5.86. The van der Waals surface area contributed by atoms with Crippen molar-refractivity contribution in [3.63, 3.8) is 0 Å². The molecule has 0 aliphatic carbocycles. The van der Waals surface area contributed by atoms with Gasteiger partial charge in [-0.05, 0) is 49.2 Å². The van der Waals surface area contributed by atoms with Gasteiger partial charge in [-0.3, -0.25) is 4.99 Å². The van der Waals surface area contributed by atoms with Gasteiger partial charge in [-0.1, -0.05) is 12.1 Å². The van der Waals surface area contributed by atoms with Gasteiger partial charge in [0.2, 0.25) is 0 Å². The summed E-state index contributed by atoms with van der Waals surface area (Å²) >= 11 is 0. The maximum absolute atomic E-state index is 11.1. The molecule has 2 aromatic rings. The number of nitrogens with one attached hydrogen (secondary N) is 1. The van der Waals surface area contributed by atoms with Gasteiger partial charge in [0.1, 0.15) is 5.75 Å². The second-order valence-corrected chi connectivity index (χ2v) is 7.95. The number of anilines is 2. The molecule has 2 heterocycles. The Balaban J connectivity index is 1.46. The first-order chi connectivity index (χ1) is 15.6. The van der Waals surface area contributed by atoms with Gasteiger partial charge >= 0.3 is 5.97 Å². The van der Waals surface area contributed by atoms with Gasteiger partial charge in [0.15, 0.2) is 5.96 Å². The van der Waals surface area contributed by atoms with Crippen LogP contribution in [0.1, 0.15) is 23.2 Å². The van der Waals surface area contributed by atoms with Crippen molar-refractivity contribution in [1.29, 1.82) is 0 Å². The van der Waals surface area contributed by atoms with Crippen LogP contribution in [0.25, 0.3) is 0 Å². The van der Waals surface area contributed by atoms with Gasteiger partial charge in [0, 0.05) is 38.5 Å². The minimum atomic E-state index is -0.934. The number of ether oxygens (including phenoxy) is 2. The largest absolute Gasteiger partial charge is 0.495 e. The number of piperazine rings is 1. The molecule has 2 aliphatic heterocycles. The first-order valence-corrected chi connectivity index (χ1v) is 11.0. The number of para-hydroxylation sites is 2. The first kappa shape index (κ1) is 22.0. The summed E-state index contributed by atoms with van der Waals surface area (Å²) in [6.45, 7) is 4.72. The molecule has 0 spiro atoms. The van der Waals surface area contributed by atoms with Crippen LogP contribution in [0, 0.1) is 0 Å². The van der Waals surface area contributed by atoms with Crippen LogP contribution in [-0.2, 0) is 4.74 Å². The molecule has 0 aromatic heterocycles.